The third-order valence-corrected chi connectivity index (χ3v) is 4.10. The number of halogens is 1. The molecule has 0 aliphatic carbocycles. The molecule has 2 rings (SSSR count). The Labute approximate surface area is 129 Å². The Bertz CT molecular complexity index is 574. The van der Waals surface area contributed by atoms with E-state index in [9.17, 15) is 9.50 Å². The SMILES string of the molecule is CCCOc1ccccc1C(O)CSc1ccccc1F. The number of ether oxygens (including phenoxy) is 1. The van der Waals surface area contributed by atoms with Crippen LogP contribution in [0.25, 0.3) is 0 Å². The summed E-state index contributed by atoms with van der Waals surface area (Å²) in [4.78, 5) is 0.545. The number of para-hydroxylation sites is 1. The maximum atomic E-state index is 13.6. The number of hydrogen-bond donors (Lipinski definition) is 1. The topological polar surface area (TPSA) is 29.5 Å². The van der Waals surface area contributed by atoms with Gasteiger partial charge in [0.25, 0.3) is 0 Å². The van der Waals surface area contributed by atoms with Gasteiger partial charge in [-0.05, 0) is 24.6 Å². The summed E-state index contributed by atoms with van der Waals surface area (Å²) in [6.45, 7) is 2.65. The van der Waals surface area contributed by atoms with Crippen LogP contribution < -0.4 is 4.74 Å². The first-order valence-corrected chi connectivity index (χ1v) is 7.98. The highest BCUT2D eigenvalue weighted by molar-refractivity contribution is 7.99. The van der Waals surface area contributed by atoms with E-state index < -0.39 is 6.10 Å². The van der Waals surface area contributed by atoms with Crippen molar-refractivity contribution in [3.05, 3.63) is 59.9 Å². The molecule has 2 aromatic rings. The van der Waals surface area contributed by atoms with E-state index in [4.69, 9.17) is 4.74 Å². The van der Waals surface area contributed by atoms with Gasteiger partial charge in [-0.1, -0.05) is 37.3 Å². The van der Waals surface area contributed by atoms with Gasteiger partial charge in [0.15, 0.2) is 0 Å². The van der Waals surface area contributed by atoms with Gasteiger partial charge in [-0.15, -0.1) is 11.8 Å². The fourth-order valence-electron chi connectivity index (χ4n) is 1.92. The van der Waals surface area contributed by atoms with Crippen LogP contribution in [-0.2, 0) is 0 Å². The molecule has 4 heteroatoms. The molecular formula is C17H19FO2S. The molecule has 0 aliphatic heterocycles. The predicted octanol–water partition coefficient (Wildman–Crippen LogP) is 4.44. The van der Waals surface area contributed by atoms with Crippen molar-refractivity contribution in [3.63, 3.8) is 0 Å². The summed E-state index contributed by atoms with van der Waals surface area (Å²) in [6, 6.07) is 14.0. The minimum absolute atomic E-state index is 0.259. The lowest BCUT2D eigenvalue weighted by Gasteiger charge is -2.16. The highest BCUT2D eigenvalue weighted by atomic mass is 32.2. The van der Waals surface area contributed by atoms with Gasteiger partial charge in [-0.2, -0.15) is 0 Å². The average molecular weight is 306 g/mol. The average Bonchev–Trinajstić information content (AvgIpc) is 2.52. The van der Waals surface area contributed by atoms with Crippen molar-refractivity contribution in [3.8, 4) is 5.75 Å². The minimum atomic E-state index is -0.692. The first-order chi connectivity index (χ1) is 10.2. The van der Waals surface area contributed by atoms with E-state index in [-0.39, 0.29) is 5.82 Å². The molecule has 0 amide bonds. The van der Waals surface area contributed by atoms with Gasteiger partial charge in [0.2, 0.25) is 0 Å². The third kappa shape index (κ3) is 4.48. The standard InChI is InChI=1S/C17H19FO2S/c1-2-11-20-16-9-5-3-7-13(16)15(19)12-21-17-10-6-4-8-14(17)18/h3-10,15,19H,2,11-12H2,1H3. The summed E-state index contributed by atoms with van der Waals surface area (Å²) >= 11 is 1.30. The zero-order valence-electron chi connectivity index (χ0n) is 12.0. The second-order valence-corrected chi connectivity index (χ2v) is 5.71. The molecule has 2 aromatic carbocycles. The van der Waals surface area contributed by atoms with Crippen molar-refractivity contribution in [2.24, 2.45) is 0 Å². The molecule has 21 heavy (non-hydrogen) atoms. The Morgan fingerprint density at radius 2 is 1.86 bits per heavy atom. The highest BCUT2D eigenvalue weighted by Gasteiger charge is 2.14. The molecule has 0 aromatic heterocycles. The number of aliphatic hydroxyl groups is 1. The second kappa shape index (κ2) is 8.05. The summed E-state index contributed by atoms with van der Waals surface area (Å²) in [6.07, 6.45) is 0.219. The van der Waals surface area contributed by atoms with Crippen molar-refractivity contribution in [2.75, 3.05) is 12.4 Å². The Hall–Kier alpha value is -1.52. The molecule has 0 aliphatic rings. The van der Waals surface area contributed by atoms with E-state index in [1.807, 2.05) is 31.2 Å². The van der Waals surface area contributed by atoms with Gasteiger partial charge >= 0.3 is 0 Å². The minimum Gasteiger partial charge on any atom is -0.493 e. The normalized spacial score (nSPS) is 12.1. The first kappa shape index (κ1) is 15.9. The van der Waals surface area contributed by atoms with Gasteiger partial charge in [0, 0.05) is 16.2 Å². The van der Waals surface area contributed by atoms with Crippen molar-refractivity contribution < 1.29 is 14.2 Å². The summed E-state index contributed by atoms with van der Waals surface area (Å²) < 4.78 is 19.2. The quantitative estimate of drug-likeness (QED) is 0.767. The largest absolute Gasteiger partial charge is 0.493 e. The van der Waals surface area contributed by atoms with Crippen LogP contribution in [-0.4, -0.2) is 17.5 Å². The van der Waals surface area contributed by atoms with Gasteiger partial charge in [0.05, 0.1) is 12.7 Å². The van der Waals surface area contributed by atoms with Crippen LogP contribution in [0.2, 0.25) is 0 Å². The zero-order valence-corrected chi connectivity index (χ0v) is 12.8. The van der Waals surface area contributed by atoms with Crippen molar-refractivity contribution in [1.82, 2.24) is 0 Å². The monoisotopic (exact) mass is 306 g/mol. The molecule has 0 heterocycles. The number of benzene rings is 2. The van der Waals surface area contributed by atoms with E-state index in [1.54, 1.807) is 18.2 Å². The molecule has 1 atom stereocenters. The van der Waals surface area contributed by atoms with E-state index >= 15 is 0 Å². The lowest BCUT2D eigenvalue weighted by Crippen LogP contribution is -2.05. The van der Waals surface area contributed by atoms with Crippen LogP contribution in [0.15, 0.2) is 53.4 Å². The first-order valence-electron chi connectivity index (χ1n) is 6.99. The van der Waals surface area contributed by atoms with Crippen molar-refractivity contribution in [2.45, 2.75) is 24.3 Å². The number of rotatable bonds is 7. The number of thioether (sulfide) groups is 1. The van der Waals surface area contributed by atoms with Crippen LogP contribution in [0, 0.1) is 5.82 Å². The van der Waals surface area contributed by atoms with E-state index in [2.05, 4.69) is 0 Å². The van der Waals surface area contributed by atoms with Gasteiger partial charge in [0.1, 0.15) is 11.6 Å². The Morgan fingerprint density at radius 1 is 1.14 bits per heavy atom. The van der Waals surface area contributed by atoms with Crippen LogP contribution in [0.3, 0.4) is 0 Å². The Morgan fingerprint density at radius 3 is 2.62 bits per heavy atom. The number of hydrogen-bond acceptors (Lipinski definition) is 3. The van der Waals surface area contributed by atoms with Gasteiger partial charge in [-0.25, -0.2) is 4.39 Å². The molecule has 0 spiro atoms. The lowest BCUT2D eigenvalue weighted by molar-refractivity contribution is 0.195. The maximum Gasteiger partial charge on any atom is 0.136 e. The molecule has 1 N–H and O–H groups in total. The third-order valence-electron chi connectivity index (χ3n) is 2.97. The summed E-state index contributed by atoms with van der Waals surface area (Å²) in [7, 11) is 0. The van der Waals surface area contributed by atoms with Crippen LogP contribution in [0.1, 0.15) is 25.0 Å². The fourth-order valence-corrected chi connectivity index (χ4v) is 2.82. The van der Waals surface area contributed by atoms with E-state index in [0.29, 0.717) is 23.0 Å². The van der Waals surface area contributed by atoms with E-state index in [0.717, 1.165) is 12.0 Å². The molecule has 0 radical (unpaired) electrons. The summed E-state index contributed by atoms with van der Waals surface area (Å²) in [5.74, 6) is 0.819. The molecule has 0 fully saturated rings. The van der Waals surface area contributed by atoms with Gasteiger partial charge in [-0.3, -0.25) is 0 Å². The van der Waals surface area contributed by atoms with Crippen LogP contribution >= 0.6 is 11.8 Å². The second-order valence-electron chi connectivity index (χ2n) is 4.64. The van der Waals surface area contributed by atoms with Crippen LogP contribution in [0.5, 0.6) is 5.75 Å². The summed E-state index contributed by atoms with van der Waals surface area (Å²) in [5.41, 5.74) is 0.745. The van der Waals surface area contributed by atoms with E-state index in [1.165, 1.54) is 17.8 Å². The van der Waals surface area contributed by atoms with Crippen molar-refractivity contribution >= 4 is 11.8 Å². The molecule has 112 valence electrons. The smallest absolute Gasteiger partial charge is 0.136 e. The summed E-state index contributed by atoms with van der Waals surface area (Å²) in [5, 5.41) is 10.3. The molecular weight excluding hydrogens is 287 g/mol. The molecule has 0 saturated heterocycles. The molecule has 0 saturated carbocycles. The highest BCUT2D eigenvalue weighted by Crippen LogP contribution is 2.31. The maximum absolute atomic E-state index is 13.6. The fraction of sp³-hybridized carbons (Fsp3) is 0.294. The molecule has 2 nitrogen and oxygen atoms in total. The predicted molar refractivity (Wildman–Crippen MR) is 84.3 cm³/mol. The zero-order chi connectivity index (χ0) is 15.1. The Balaban J connectivity index is 2.03. The lowest BCUT2D eigenvalue weighted by atomic mass is 10.1. The van der Waals surface area contributed by atoms with Gasteiger partial charge < -0.3 is 9.84 Å². The van der Waals surface area contributed by atoms with Crippen LogP contribution in [0.4, 0.5) is 4.39 Å². The molecule has 1 unspecified atom stereocenters. The Kier molecular flexibility index (Phi) is 6.08. The number of aliphatic hydroxyl groups excluding tert-OH is 1. The molecule has 0 bridgehead atoms. The van der Waals surface area contributed by atoms with Crippen molar-refractivity contribution in [1.29, 1.82) is 0 Å².